The summed E-state index contributed by atoms with van der Waals surface area (Å²) in [4.78, 5) is 0. The van der Waals surface area contributed by atoms with Crippen LogP contribution in [0, 0.1) is 0 Å². The molecule has 1 fully saturated rings. The molecule has 1 heterocycles. The van der Waals surface area contributed by atoms with E-state index in [0.717, 1.165) is 8.58 Å². The summed E-state index contributed by atoms with van der Waals surface area (Å²) in [6.45, 7) is 0. The molecule has 0 nitrogen and oxygen atoms in total. The van der Waals surface area contributed by atoms with Crippen molar-refractivity contribution in [3.05, 3.63) is 71.8 Å². The number of hydrogen-bond acceptors (Lipinski definition) is 0. The average Bonchev–Trinajstić information content (AvgIpc) is 2.50. The smallest absolute Gasteiger partial charge is 0.0209 e. The van der Waals surface area contributed by atoms with E-state index in [-0.39, 0.29) is 5.41 Å². The molecule has 1 heteroatoms. The fraction of sp³-hybridized carbons (Fsp3) is 0.294. The van der Waals surface area contributed by atoms with Crippen LogP contribution < -0.4 is 0 Å². The number of hydrogen-bond donors (Lipinski definition) is 0. The van der Waals surface area contributed by atoms with E-state index in [9.17, 15) is 0 Å². The standard InChI is InChI=1S/C17H19P/c1-3-7-15(8-4-1)17(11-13-18-14-12-17)16-9-5-2-6-10-16/h1-10,18H,11-14H2. The molecule has 0 N–H and O–H groups in total. The number of rotatable bonds is 2. The topological polar surface area (TPSA) is 0 Å². The first-order valence-corrected chi connectivity index (χ1v) is 8.15. The van der Waals surface area contributed by atoms with Gasteiger partial charge in [0, 0.05) is 5.41 Å². The maximum Gasteiger partial charge on any atom is 0.0209 e. The third-order valence-electron chi connectivity index (χ3n) is 4.11. The van der Waals surface area contributed by atoms with Crippen molar-refractivity contribution in [2.45, 2.75) is 18.3 Å². The highest BCUT2D eigenvalue weighted by atomic mass is 31.1. The van der Waals surface area contributed by atoms with Gasteiger partial charge in [-0.3, -0.25) is 0 Å². The normalized spacial score (nSPS) is 18.4. The predicted octanol–water partition coefficient (Wildman–Crippen LogP) is 4.45. The van der Waals surface area contributed by atoms with E-state index in [2.05, 4.69) is 60.7 Å². The van der Waals surface area contributed by atoms with Crippen molar-refractivity contribution in [1.29, 1.82) is 0 Å². The van der Waals surface area contributed by atoms with E-state index < -0.39 is 0 Å². The fourth-order valence-electron chi connectivity index (χ4n) is 3.11. The average molecular weight is 254 g/mol. The Balaban J connectivity index is 2.10. The molecule has 92 valence electrons. The molecule has 0 amide bonds. The van der Waals surface area contributed by atoms with E-state index in [4.69, 9.17) is 0 Å². The number of benzene rings is 2. The molecular formula is C17H19P. The molecule has 0 saturated carbocycles. The van der Waals surface area contributed by atoms with Crippen LogP contribution in [-0.4, -0.2) is 12.3 Å². The van der Waals surface area contributed by atoms with Crippen LogP contribution in [0.5, 0.6) is 0 Å². The molecule has 1 aliphatic heterocycles. The highest BCUT2D eigenvalue weighted by Crippen LogP contribution is 2.45. The molecule has 0 aromatic heterocycles. The van der Waals surface area contributed by atoms with Crippen molar-refractivity contribution in [3.63, 3.8) is 0 Å². The first-order valence-electron chi connectivity index (χ1n) is 6.74. The van der Waals surface area contributed by atoms with Crippen LogP contribution in [0.2, 0.25) is 0 Å². The van der Waals surface area contributed by atoms with Crippen LogP contribution in [0.4, 0.5) is 0 Å². The maximum atomic E-state index is 2.31. The third kappa shape index (κ3) is 2.10. The fourth-order valence-corrected chi connectivity index (χ4v) is 4.57. The molecule has 3 rings (SSSR count). The van der Waals surface area contributed by atoms with Crippen molar-refractivity contribution in [1.82, 2.24) is 0 Å². The van der Waals surface area contributed by atoms with Gasteiger partial charge in [0.2, 0.25) is 0 Å². The van der Waals surface area contributed by atoms with Crippen molar-refractivity contribution in [3.8, 4) is 0 Å². The largest absolute Gasteiger partial charge is 0.122 e. The van der Waals surface area contributed by atoms with Crippen LogP contribution >= 0.6 is 8.58 Å². The van der Waals surface area contributed by atoms with Gasteiger partial charge in [-0.15, -0.1) is 8.58 Å². The SMILES string of the molecule is c1ccc(C2(c3ccccc3)CCPCC2)cc1. The molecule has 0 unspecified atom stereocenters. The summed E-state index contributed by atoms with van der Waals surface area (Å²) < 4.78 is 0. The Hall–Kier alpha value is -1.13. The van der Waals surface area contributed by atoms with Crippen molar-refractivity contribution in [2.75, 3.05) is 12.3 Å². The Kier molecular flexibility index (Phi) is 3.48. The van der Waals surface area contributed by atoms with Crippen LogP contribution in [0.15, 0.2) is 60.7 Å². The molecule has 18 heavy (non-hydrogen) atoms. The summed E-state index contributed by atoms with van der Waals surface area (Å²) >= 11 is 0. The van der Waals surface area contributed by atoms with Gasteiger partial charge in [0.15, 0.2) is 0 Å². The van der Waals surface area contributed by atoms with Crippen LogP contribution in [0.25, 0.3) is 0 Å². The molecule has 0 bridgehead atoms. The summed E-state index contributed by atoms with van der Waals surface area (Å²) in [7, 11) is 1.16. The second kappa shape index (κ2) is 5.24. The van der Waals surface area contributed by atoms with Crippen molar-refractivity contribution in [2.24, 2.45) is 0 Å². The quantitative estimate of drug-likeness (QED) is 0.695. The zero-order valence-electron chi connectivity index (χ0n) is 10.6. The highest BCUT2D eigenvalue weighted by molar-refractivity contribution is 7.38. The van der Waals surface area contributed by atoms with Crippen molar-refractivity contribution < 1.29 is 0 Å². The Morgan fingerprint density at radius 2 is 1.11 bits per heavy atom. The first kappa shape index (κ1) is 11.9. The Labute approximate surface area is 111 Å². The first-order chi connectivity index (χ1) is 8.92. The minimum Gasteiger partial charge on any atom is -0.122 e. The molecule has 2 aromatic carbocycles. The molecule has 0 radical (unpaired) electrons. The molecule has 0 aliphatic carbocycles. The van der Waals surface area contributed by atoms with Gasteiger partial charge in [0.05, 0.1) is 0 Å². The Morgan fingerprint density at radius 1 is 0.667 bits per heavy atom. The lowest BCUT2D eigenvalue weighted by molar-refractivity contribution is 0.473. The molecule has 2 aromatic rings. The summed E-state index contributed by atoms with van der Waals surface area (Å²) in [5, 5.41) is 0. The van der Waals surface area contributed by atoms with Crippen molar-refractivity contribution >= 4 is 8.58 Å². The van der Waals surface area contributed by atoms with E-state index in [1.54, 1.807) is 0 Å². The Morgan fingerprint density at radius 3 is 1.56 bits per heavy atom. The van der Waals surface area contributed by atoms with Gasteiger partial charge in [0.25, 0.3) is 0 Å². The minimum atomic E-state index is 0.272. The van der Waals surface area contributed by atoms with Gasteiger partial charge in [-0.1, -0.05) is 60.7 Å². The summed E-state index contributed by atoms with van der Waals surface area (Å²) in [5.41, 5.74) is 3.27. The van der Waals surface area contributed by atoms with Crippen LogP contribution in [0.3, 0.4) is 0 Å². The van der Waals surface area contributed by atoms with E-state index in [0.29, 0.717) is 0 Å². The summed E-state index contributed by atoms with van der Waals surface area (Å²) in [6.07, 6.45) is 5.37. The second-order valence-electron chi connectivity index (χ2n) is 5.06. The lowest BCUT2D eigenvalue weighted by atomic mass is 9.70. The van der Waals surface area contributed by atoms with Crippen LogP contribution in [-0.2, 0) is 5.41 Å². The second-order valence-corrected chi connectivity index (χ2v) is 6.56. The molecule has 0 atom stereocenters. The van der Waals surface area contributed by atoms with Gasteiger partial charge in [-0.25, -0.2) is 0 Å². The van der Waals surface area contributed by atoms with Gasteiger partial charge in [-0.05, 0) is 36.3 Å². The third-order valence-corrected chi connectivity index (χ3v) is 5.32. The maximum absolute atomic E-state index is 2.31. The monoisotopic (exact) mass is 254 g/mol. The molecule has 1 aliphatic rings. The van der Waals surface area contributed by atoms with E-state index in [1.807, 2.05) is 0 Å². The highest BCUT2D eigenvalue weighted by Gasteiger charge is 2.35. The van der Waals surface area contributed by atoms with E-state index >= 15 is 0 Å². The Bertz CT molecular complexity index is 442. The zero-order chi connectivity index (χ0) is 12.3. The molecular weight excluding hydrogens is 235 g/mol. The lowest BCUT2D eigenvalue weighted by Crippen LogP contribution is -2.31. The van der Waals surface area contributed by atoms with Gasteiger partial charge in [-0.2, -0.15) is 0 Å². The summed E-state index contributed by atoms with van der Waals surface area (Å²) in [5.74, 6) is 0. The summed E-state index contributed by atoms with van der Waals surface area (Å²) in [6, 6.07) is 22.2. The van der Waals surface area contributed by atoms with E-state index in [1.165, 1.54) is 36.3 Å². The van der Waals surface area contributed by atoms with Gasteiger partial charge >= 0.3 is 0 Å². The molecule has 1 saturated heterocycles. The zero-order valence-corrected chi connectivity index (χ0v) is 11.6. The predicted molar refractivity (Wildman–Crippen MR) is 80.9 cm³/mol. The molecule has 0 spiro atoms. The minimum absolute atomic E-state index is 0.272. The lowest BCUT2D eigenvalue weighted by Gasteiger charge is -2.38. The van der Waals surface area contributed by atoms with Gasteiger partial charge in [0.1, 0.15) is 0 Å². The van der Waals surface area contributed by atoms with Gasteiger partial charge < -0.3 is 0 Å². The van der Waals surface area contributed by atoms with Crippen LogP contribution in [0.1, 0.15) is 24.0 Å².